The summed E-state index contributed by atoms with van der Waals surface area (Å²) in [4.78, 5) is 38.5. The van der Waals surface area contributed by atoms with Gasteiger partial charge in [-0.2, -0.15) is 0 Å². The summed E-state index contributed by atoms with van der Waals surface area (Å²) >= 11 is 0. The molecule has 1 heterocycles. The highest BCUT2D eigenvalue weighted by Crippen LogP contribution is 2.29. The molecule has 4 amide bonds. The van der Waals surface area contributed by atoms with Crippen molar-refractivity contribution < 1.29 is 23.9 Å². The maximum atomic E-state index is 12.8. The third-order valence-electron chi connectivity index (χ3n) is 4.56. The third kappa shape index (κ3) is 3.62. The smallest absolute Gasteiger partial charge is 0.325 e. The van der Waals surface area contributed by atoms with Gasteiger partial charge in [0.2, 0.25) is 5.91 Å². The Labute approximate surface area is 162 Å². The van der Waals surface area contributed by atoms with Crippen LogP contribution in [-0.4, -0.2) is 43.5 Å². The molecule has 1 aliphatic heterocycles. The van der Waals surface area contributed by atoms with Gasteiger partial charge in [0.25, 0.3) is 5.91 Å². The number of ether oxygens (including phenoxy) is 2. The van der Waals surface area contributed by atoms with Gasteiger partial charge in [-0.3, -0.25) is 14.5 Å². The van der Waals surface area contributed by atoms with Crippen LogP contribution in [0.15, 0.2) is 48.5 Å². The molecule has 0 aliphatic carbocycles. The number of imide groups is 1. The van der Waals surface area contributed by atoms with Crippen LogP contribution in [0.1, 0.15) is 12.5 Å². The van der Waals surface area contributed by atoms with Gasteiger partial charge < -0.3 is 20.1 Å². The van der Waals surface area contributed by atoms with Gasteiger partial charge in [-0.25, -0.2) is 4.79 Å². The molecule has 28 heavy (non-hydrogen) atoms. The number of nitrogens with zero attached hydrogens (tertiary/aromatic N) is 1. The van der Waals surface area contributed by atoms with E-state index in [-0.39, 0.29) is 0 Å². The summed E-state index contributed by atoms with van der Waals surface area (Å²) in [6, 6.07) is 13.2. The zero-order valence-corrected chi connectivity index (χ0v) is 15.8. The van der Waals surface area contributed by atoms with Crippen molar-refractivity contribution in [3.05, 3.63) is 54.1 Å². The number of urea groups is 1. The monoisotopic (exact) mass is 383 g/mol. The van der Waals surface area contributed by atoms with Crippen LogP contribution in [-0.2, 0) is 15.1 Å². The lowest BCUT2D eigenvalue weighted by Gasteiger charge is -2.22. The second-order valence-corrected chi connectivity index (χ2v) is 6.46. The van der Waals surface area contributed by atoms with E-state index in [1.54, 1.807) is 49.4 Å². The standard InChI is InChI=1S/C20H21N3O5/c1-20(13-7-5-4-6-8-13)18(25)23(19(26)22-20)12-17(24)21-14-9-15(27-2)11-16(10-14)28-3/h4-11H,12H2,1-3H3,(H,21,24)(H,22,26). The van der Waals surface area contributed by atoms with Gasteiger partial charge >= 0.3 is 6.03 Å². The van der Waals surface area contributed by atoms with E-state index in [0.717, 1.165) is 4.90 Å². The molecule has 8 nitrogen and oxygen atoms in total. The number of rotatable bonds is 6. The van der Waals surface area contributed by atoms with E-state index in [1.807, 2.05) is 6.07 Å². The predicted molar refractivity (Wildman–Crippen MR) is 102 cm³/mol. The molecule has 0 saturated carbocycles. The molecule has 3 rings (SSSR count). The van der Waals surface area contributed by atoms with Gasteiger partial charge in [0.1, 0.15) is 23.6 Å². The first-order chi connectivity index (χ1) is 13.4. The fourth-order valence-corrected chi connectivity index (χ4v) is 3.03. The van der Waals surface area contributed by atoms with Crippen molar-refractivity contribution in [2.24, 2.45) is 0 Å². The minimum Gasteiger partial charge on any atom is -0.497 e. The van der Waals surface area contributed by atoms with Crippen molar-refractivity contribution in [3.63, 3.8) is 0 Å². The van der Waals surface area contributed by atoms with Gasteiger partial charge in [-0.1, -0.05) is 30.3 Å². The fraction of sp³-hybridized carbons (Fsp3) is 0.250. The maximum absolute atomic E-state index is 12.8. The largest absolute Gasteiger partial charge is 0.497 e. The highest BCUT2D eigenvalue weighted by Gasteiger charge is 2.49. The maximum Gasteiger partial charge on any atom is 0.325 e. The number of anilines is 1. The molecule has 1 fully saturated rings. The molecule has 2 aromatic rings. The number of amides is 4. The second kappa shape index (κ2) is 7.59. The molecule has 1 unspecified atom stereocenters. The molecule has 1 aliphatic rings. The average molecular weight is 383 g/mol. The van der Waals surface area contributed by atoms with E-state index in [0.29, 0.717) is 22.7 Å². The van der Waals surface area contributed by atoms with E-state index in [2.05, 4.69) is 10.6 Å². The molecule has 1 saturated heterocycles. The number of benzene rings is 2. The molecule has 0 spiro atoms. The normalized spacial score (nSPS) is 18.6. The molecule has 8 heteroatoms. The Morgan fingerprint density at radius 3 is 2.25 bits per heavy atom. The molecule has 2 N–H and O–H groups in total. The number of hydrogen-bond donors (Lipinski definition) is 2. The van der Waals surface area contributed by atoms with Gasteiger partial charge in [0.15, 0.2) is 0 Å². The van der Waals surface area contributed by atoms with E-state index in [1.165, 1.54) is 14.2 Å². The minimum absolute atomic E-state index is 0.410. The van der Waals surface area contributed by atoms with Crippen molar-refractivity contribution in [2.45, 2.75) is 12.5 Å². The van der Waals surface area contributed by atoms with E-state index < -0.39 is 29.9 Å². The summed E-state index contributed by atoms with van der Waals surface area (Å²) in [5.74, 6) is 0.000722. The predicted octanol–water partition coefficient (Wildman–Crippen LogP) is 2.11. The van der Waals surface area contributed by atoms with Crippen molar-refractivity contribution >= 4 is 23.5 Å². The number of carbonyl (C=O) groups is 3. The zero-order valence-electron chi connectivity index (χ0n) is 15.8. The Bertz CT molecular complexity index is 893. The Morgan fingerprint density at radius 2 is 1.68 bits per heavy atom. The van der Waals surface area contributed by atoms with E-state index in [9.17, 15) is 14.4 Å². The van der Waals surface area contributed by atoms with Crippen LogP contribution in [0.2, 0.25) is 0 Å². The molecular formula is C20H21N3O5. The average Bonchev–Trinajstić information content (AvgIpc) is 2.92. The first-order valence-electron chi connectivity index (χ1n) is 8.60. The number of methoxy groups -OCH3 is 2. The quantitative estimate of drug-likeness (QED) is 0.745. The van der Waals surface area contributed by atoms with Crippen LogP contribution < -0.4 is 20.1 Å². The number of hydrogen-bond acceptors (Lipinski definition) is 5. The molecule has 1 atom stereocenters. The highest BCUT2D eigenvalue weighted by molar-refractivity contribution is 6.10. The molecule has 0 bridgehead atoms. The van der Waals surface area contributed by atoms with Crippen molar-refractivity contribution in [1.82, 2.24) is 10.2 Å². The zero-order chi connectivity index (χ0) is 20.3. The van der Waals surface area contributed by atoms with Crippen LogP contribution in [0.3, 0.4) is 0 Å². The lowest BCUT2D eigenvalue weighted by molar-refractivity contribution is -0.133. The molecule has 146 valence electrons. The van der Waals surface area contributed by atoms with Crippen molar-refractivity contribution in [2.75, 3.05) is 26.1 Å². The van der Waals surface area contributed by atoms with Crippen LogP contribution in [0.4, 0.5) is 10.5 Å². The van der Waals surface area contributed by atoms with Crippen LogP contribution in [0, 0.1) is 0 Å². The minimum atomic E-state index is -1.21. The topological polar surface area (TPSA) is 97.0 Å². The number of nitrogens with one attached hydrogen (secondary N) is 2. The van der Waals surface area contributed by atoms with Gasteiger partial charge in [-0.05, 0) is 12.5 Å². The fourth-order valence-electron chi connectivity index (χ4n) is 3.03. The number of carbonyl (C=O) groups excluding carboxylic acids is 3. The summed E-state index contributed by atoms with van der Waals surface area (Å²) in [5, 5.41) is 5.32. The van der Waals surface area contributed by atoms with E-state index >= 15 is 0 Å². The molecule has 0 radical (unpaired) electrons. The van der Waals surface area contributed by atoms with Crippen LogP contribution in [0.5, 0.6) is 11.5 Å². The Hall–Kier alpha value is -3.55. The Morgan fingerprint density at radius 1 is 1.07 bits per heavy atom. The van der Waals surface area contributed by atoms with Gasteiger partial charge in [0.05, 0.1) is 14.2 Å². The summed E-state index contributed by atoms with van der Waals surface area (Å²) < 4.78 is 10.3. The summed E-state index contributed by atoms with van der Waals surface area (Å²) in [7, 11) is 3.00. The van der Waals surface area contributed by atoms with Gasteiger partial charge in [-0.15, -0.1) is 0 Å². The summed E-state index contributed by atoms with van der Waals surface area (Å²) in [5.41, 5.74) is -0.134. The highest BCUT2D eigenvalue weighted by atomic mass is 16.5. The molecule has 2 aromatic carbocycles. The lowest BCUT2D eigenvalue weighted by atomic mass is 9.92. The van der Waals surface area contributed by atoms with Crippen LogP contribution in [0.25, 0.3) is 0 Å². The molecular weight excluding hydrogens is 362 g/mol. The summed E-state index contributed by atoms with van der Waals surface area (Å²) in [6.07, 6.45) is 0. The van der Waals surface area contributed by atoms with Gasteiger partial charge in [0, 0.05) is 23.9 Å². The van der Waals surface area contributed by atoms with Crippen molar-refractivity contribution in [1.29, 1.82) is 0 Å². The Kier molecular flexibility index (Phi) is 5.21. The first kappa shape index (κ1) is 19.2. The Balaban J connectivity index is 1.74. The lowest BCUT2D eigenvalue weighted by Crippen LogP contribution is -2.42. The molecule has 0 aromatic heterocycles. The van der Waals surface area contributed by atoms with Crippen molar-refractivity contribution in [3.8, 4) is 11.5 Å². The van der Waals surface area contributed by atoms with E-state index in [4.69, 9.17) is 9.47 Å². The first-order valence-corrected chi connectivity index (χ1v) is 8.60. The SMILES string of the molecule is COc1cc(NC(=O)CN2C(=O)NC(C)(c3ccccc3)C2=O)cc(OC)c1. The van der Waals surface area contributed by atoms with Crippen LogP contribution >= 0.6 is 0 Å². The second-order valence-electron chi connectivity index (χ2n) is 6.46. The summed E-state index contributed by atoms with van der Waals surface area (Å²) in [6.45, 7) is 1.21. The third-order valence-corrected chi connectivity index (χ3v) is 4.56.